The van der Waals surface area contributed by atoms with Crippen LogP contribution in [0.2, 0.25) is 5.02 Å². The Kier molecular flexibility index (Phi) is 11.0. The largest absolute Gasteiger partial charge is 0.469 e. The highest BCUT2D eigenvalue weighted by molar-refractivity contribution is 6.30. The number of aryl methyl sites for hydroxylation is 1. The highest BCUT2D eigenvalue weighted by atomic mass is 35.5. The first-order chi connectivity index (χ1) is 12.5. The minimum absolute atomic E-state index is 0.0926. The lowest BCUT2D eigenvalue weighted by Gasteiger charge is -2.26. The van der Waals surface area contributed by atoms with Crippen molar-refractivity contribution in [2.75, 3.05) is 39.8 Å². The molecule has 26 heavy (non-hydrogen) atoms. The van der Waals surface area contributed by atoms with Gasteiger partial charge in [0.05, 0.1) is 13.5 Å². The van der Waals surface area contributed by atoms with E-state index in [0.717, 1.165) is 37.5 Å². The summed E-state index contributed by atoms with van der Waals surface area (Å²) in [5.41, 5.74) is 1.17. The summed E-state index contributed by atoms with van der Waals surface area (Å²) in [6.07, 6.45) is 2.32. The molecule has 5 nitrogen and oxygen atoms in total. The van der Waals surface area contributed by atoms with Crippen LogP contribution in [0.1, 0.15) is 38.7 Å². The van der Waals surface area contributed by atoms with Crippen molar-refractivity contribution < 1.29 is 14.3 Å². The number of hydrogen-bond acceptors (Lipinski definition) is 4. The van der Waals surface area contributed by atoms with Gasteiger partial charge in [-0.2, -0.15) is 0 Å². The maximum atomic E-state index is 12.6. The second-order valence-electron chi connectivity index (χ2n) is 6.21. The van der Waals surface area contributed by atoms with E-state index in [2.05, 4.69) is 18.7 Å². The molecule has 0 aliphatic carbocycles. The summed E-state index contributed by atoms with van der Waals surface area (Å²) in [4.78, 5) is 28.1. The lowest BCUT2D eigenvalue weighted by atomic mass is 10.1. The molecule has 0 aliphatic rings. The average Bonchev–Trinajstić information content (AvgIpc) is 2.65. The minimum Gasteiger partial charge on any atom is -0.469 e. The number of ether oxygens (including phenoxy) is 1. The Hall–Kier alpha value is -1.59. The molecule has 0 saturated heterocycles. The van der Waals surface area contributed by atoms with E-state index < -0.39 is 0 Å². The molecule has 1 amide bonds. The van der Waals surface area contributed by atoms with E-state index in [9.17, 15) is 9.59 Å². The smallest absolute Gasteiger partial charge is 0.307 e. The van der Waals surface area contributed by atoms with Gasteiger partial charge in [0.1, 0.15) is 0 Å². The summed E-state index contributed by atoms with van der Waals surface area (Å²) in [5, 5.41) is 0.718. The van der Waals surface area contributed by atoms with Gasteiger partial charge < -0.3 is 14.5 Å². The van der Waals surface area contributed by atoms with Crippen LogP contribution in [0.3, 0.4) is 0 Å². The molecule has 6 heteroatoms. The fraction of sp³-hybridized carbons (Fsp3) is 0.600. The van der Waals surface area contributed by atoms with Crippen LogP contribution in [0.25, 0.3) is 0 Å². The molecule has 0 N–H and O–H groups in total. The van der Waals surface area contributed by atoms with Crippen LogP contribution in [0.5, 0.6) is 0 Å². The molecule has 0 aliphatic heterocycles. The van der Waals surface area contributed by atoms with Gasteiger partial charge in [-0.25, -0.2) is 0 Å². The van der Waals surface area contributed by atoms with Crippen molar-refractivity contribution in [3.05, 3.63) is 34.9 Å². The van der Waals surface area contributed by atoms with Crippen LogP contribution >= 0.6 is 11.6 Å². The van der Waals surface area contributed by atoms with E-state index in [-0.39, 0.29) is 18.3 Å². The first kappa shape index (κ1) is 22.5. The van der Waals surface area contributed by atoms with Crippen molar-refractivity contribution in [2.45, 2.75) is 39.5 Å². The van der Waals surface area contributed by atoms with Crippen LogP contribution in [0.4, 0.5) is 0 Å². The molecule has 0 unspecified atom stereocenters. The predicted octanol–water partition coefficient (Wildman–Crippen LogP) is 3.40. The molecule has 0 radical (unpaired) electrons. The number of hydrogen-bond donors (Lipinski definition) is 0. The van der Waals surface area contributed by atoms with E-state index in [4.69, 9.17) is 16.3 Å². The van der Waals surface area contributed by atoms with Crippen molar-refractivity contribution in [2.24, 2.45) is 0 Å². The lowest BCUT2D eigenvalue weighted by molar-refractivity contribution is -0.141. The van der Waals surface area contributed by atoms with Crippen molar-refractivity contribution in [1.29, 1.82) is 0 Å². The van der Waals surface area contributed by atoms with Crippen LogP contribution in [0.15, 0.2) is 24.3 Å². The first-order valence-electron chi connectivity index (χ1n) is 9.31. The van der Waals surface area contributed by atoms with E-state index in [1.807, 2.05) is 24.3 Å². The summed E-state index contributed by atoms with van der Waals surface area (Å²) >= 11 is 5.89. The van der Waals surface area contributed by atoms with Crippen LogP contribution in [-0.4, -0.2) is 61.5 Å². The molecule has 0 bridgehead atoms. The highest BCUT2D eigenvalue weighted by Gasteiger charge is 2.16. The van der Waals surface area contributed by atoms with E-state index >= 15 is 0 Å². The van der Waals surface area contributed by atoms with Crippen molar-refractivity contribution in [1.82, 2.24) is 9.80 Å². The molecule has 1 aromatic carbocycles. The van der Waals surface area contributed by atoms with Gasteiger partial charge in [0.2, 0.25) is 5.91 Å². The number of amides is 1. The van der Waals surface area contributed by atoms with Gasteiger partial charge in [0, 0.05) is 31.1 Å². The van der Waals surface area contributed by atoms with Crippen molar-refractivity contribution in [3.8, 4) is 0 Å². The minimum atomic E-state index is -0.285. The number of rotatable bonds is 12. The summed E-state index contributed by atoms with van der Waals surface area (Å²) in [5.74, 6) is -0.193. The molecule has 0 aromatic heterocycles. The Morgan fingerprint density at radius 1 is 1.00 bits per heavy atom. The third-order valence-electron chi connectivity index (χ3n) is 4.52. The number of methoxy groups -OCH3 is 1. The Morgan fingerprint density at radius 2 is 1.65 bits per heavy atom. The number of likely N-dealkylation sites (N-methyl/N-ethyl adjacent to an activating group) is 1. The maximum absolute atomic E-state index is 12.6. The van der Waals surface area contributed by atoms with Gasteiger partial charge in [0.25, 0.3) is 0 Å². The quantitative estimate of drug-likeness (QED) is 0.520. The van der Waals surface area contributed by atoms with Gasteiger partial charge in [-0.3, -0.25) is 9.59 Å². The molecule has 0 spiro atoms. The topological polar surface area (TPSA) is 49.9 Å². The van der Waals surface area contributed by atoms with Crippen LogP contribution in [0, 0.1) is 0 Å². The molecule has 1 aromatic rings. The van der Waals surface area contributed by atoms with Crippen LogP contribution < -0.4 is 0 Å². The molecular weight excluding hydrogens is 352 g/mol. The Morgan fingerprint density at radius 3 is 2.23 bits per heavy atom. The standard InChI is InChI=1S/C20H31ClN2O3/c1-4-22(5-2)15-16-23(14-13-20(25)26-3)19(24)8-6-7-17-9-11-18(21)12-10-17/h9-12H,4-8,13-16H2,1-3H3. The second kappa shape index (κ2) is 12.7. The van der Waals surface area contributed by atoms with Gasteiger partial charge in [-0.1, -0.05) is 37.6 Å². The number of esters is 1. The summed E-state index contributed by atoms with van der Waals surface area (Å²) in [6, 6.07) is 7.71. The van der Waals surface area contributed by atoms with Crippen molar-refractivity contribution >= 4 is 23.5 Å². The number of carbonyl (C=O) groups is 2. The summed E-state index contributed by atoms with van der Waals surface area (Å²) in [7, 11) is 1.37. The third-order valence-corrected chi connectivity index (χ3v) is 4.77. The van der Waals surface area contributed by atoms with Gasteiger partial charge >= 0.3 is 5.97 Å². The maximum Gasteiger partial charge on any atom is 0.307 e. The SMILES string of the molecule is CCN(CC)CCN(CCC(=O)OC)C(=O)CCCc1ccc(Cl)cc1. The molecule has 146 valence electrons. The Bertz CT molecular complexity index is 544. The number of nitrogens with zero attached hydrogens (tertiary/aromatic N) is 2. The Labute approximate surface area is 162 Å². The zero-order valence-corrected chi connectivity index (χ0v) is 16.9. The fourth-order valence-electron chi connectivity index (χ4n) is 2.74. The van der Waals surface area contributed by atoms with E-state index in [1.165, 1.54) is 12.7 Å². The summed E-state index contributed by atoms with van der Waals surface area (Å²) < 4.78 is 4.70. The predicted molar refractivity (Wildman–Crippen MR) is 105 cm³/mol. The molecule has 0 saturated carbocycles. The number of halogens is 1. The number of benzene rings is 1. The monoisotopic (exact) mass is 382 g/mol. The summed E-state index contributed by atoms with van der Waals surface area (Å²) in [6.45, 7) is 7.98. The number of carbonyl (C=O) groups excluding carboxylic acids is 2. The van der Waals surface area contributed by atoms with Gasteiger partial charge in [0.15, 0.2) is 0 Å². The normalized spacial score (nSPS) is 10.8. The average molecular weight is 383 g/mol. The first-order valence-corrected chi connectivity index (χ1v) is 9.69. The van der Waals surface area contributed by atoms with Crippen molar-refractivity contribution in [3.63, 3.8) is 0 Å². The fourth-order valence-corrected chi connectivity index (χ4v) is 2.87. The van der Waals surface area contributed by atoms with E-state index in [1.54, 1.807) is 4.90 Å². The van der Waals surface area contributed by atoms with E-state index in [0.29, 0.717) is 19.5 Å². The third kappa shape index (κ3) is 8.68. The zero-order chi connectivity index (χ0) is 19.4. The molecule has 0 fully saturated rings. The molecule has 0 atom stereocenters. The second-order valence-corrected chi connectivity index (χ2v) is 6.65. The lowest BCUT2D eigenvalue weighted by Crippen LogP contribution is -2.39. The zero-order valence-electron chi connectivity index (χ0n) is 16.2. The van der Waals surface area contributed by atoms with Gasteiger partial charge in [-0.15, -0.1) is 0 Å². The molecule has 1 rings (SSSR count). The highest BCUT2D eigenvalue weighted by Crippen LogP contribution is 2.12. The Balaban J connectivity index is 2.51. The van der Waals surface area contributed by atoms with Crippen LogP contribution in [-0.2, 0) is 20.7 Å². The molecule has 0 heterocycles. The molecular formula is C20H31ClN2O3. The van der Waals surface area contributed by atoms with Gasteiger partial charge in [-0.05, 0) is 43.6 Å².